The molecule has 0 heterocycles. The first-order valence-corrected chi connectivity index (χ1v) is 7.05. The van der Waals surface area contributed by atoms with Crippen LogP contribution >= 0.6 is 0 Å². The molecule has 9 heteroatoms. The van der Waals surface area contributed by atoms with E-state index in [0.29, 0.717) is 11.1 Å². The molecule has 0 aliphatic heterocycles. The predicted octanol–water partition coefficient (Wildman–Crippen LogP) is 0.963. The number of nitrogens with one attached hydrogen (secondary N) is 1. The van der Waals surface area contributed by atoms with E-state index in [0.717, 1.165) is 13.0 Å². The van der Waals surface area contributed by atoms with Crippen LogP contribution in [0, 0.1) is 24.0 Å². The van der Waals surface area contributed by atoms with Crippen LogP contribution in [0.1, 0.15) is 18.1 Å². The Morgan fingerprint density at radius 2 is 1.95 bits per heavy atom. The lowest BCUT2D eigenvalue weighted by atomic mass is 10.1. The Labute approximate surface area is 115 Å². The summed E-state index contributed by atoms with van der Waals surface area (Å²) in [6, 6.07) is 0.846. The first-order chi connectivity index (χ1) is 9.06. The van der Waals surface area contributed by atoms with Gasteiger partial charge in [0.2, 0.25) is 10.0 Å². The Morgan fingerprint density at radius 3 is 2.40 bits per heavy atom. The highest BCUT2D eigenvalue weighted by molar-refractivity contribution is 7.89. The molecule has 0 saturated carbocycles. The number of carbonyl (C=O) groups is 1. The Bertz CT molecular complexity index is 668. The van der Waals surface area contributed by atoms with E-state index in [-0.39, 0.29) is 10.6 Å². The molecule has 0 amide bonds. The van der Waals surface area contributed by atoms with Crippen LogP contribution in [0.25, 0.3) is 0 Å². The minimum absolute atomic E-state index is 0.326. The third-order valence-electron chi connectivity index (χ3n) is 2.82. The van der Waals surface area contributed by atoms with Crippen molar-refractivity contribution >= 4 is 21.7 Å². The molecule has 0 aromatic heterocycles. The van der Waals surface area contributed by atoms with Crippen LogP contribution in [0.5, 0.6) is 0 Å². The van der Waals surface area contributed by atoms with E-state index in [1.165, 1.54) is 13.0 Å². The van der Waals surface area contributed by atoms with Crippen molar-refractivity contribution in [1.29, 1.82) is 0 Å². The molecule has 1 rings (SSSR count). The van der Waals surface area contributed by atoms with Crippen LogP contribution in [0.15, 0.2) is 17.0 Å². The number of hydrogen-bond donors (Lipinski definition) is 2. The second-order valence-electron chi connectivity index (χ2n) is 4.32. The van der Waals surface area contributed by atoms with Gasteiger partial charge in [-0.25, -0.2) is 8.42 Å². The number of aliphatic carboxylic acids is 1. The van der Waals surface area contributed by atoms with E-state index >= 15 is 0 Å². The van der Waals surface area contributed by atoms with Gasteiger partial charge in [-0.1, -0.05) is 0 Å². The van der Waals surface area contributed by atoms with Gasteiger partial charge in [0.1, 0.15) is 6.04 Å². The molecule has 0 radical (unpaired) electrons. The van der Waals surface area contributed by atoms with Crippen LogP contribution in [-0.2, 0) is 14.8 Å². The number of carboxylic acids is 1. The van der Waals surface area contributed by atoms with Crippen molar-refractivity contribution in [3.05, 3.63) is 33.4 Å². The van der Waals surface area contributed by atoms with Crippen LogP contribution < -0.4 is 4.72 Å². The van der Waals surface area contributed by atoms with E-state index in [1.807, 2.05) is 4.72 Å². The zero-order chi connectivity index (χ0) is 15.7. The molecule has 0 spiro atoms. The normalized spacial score (nSPS) is 12.9. The number of benzene rings is 1. The number of hydrogen-bond acceptors (Lipinski definition) is 5. The molecule has 1 aromatic rings. The van der Waals surface area contributed by atoms with Gasteiger partial charge < -0.3 is 5.11 Å². The van der Waals surface area contributed by atoms with Gasteiger partial charge in [0.25, 0.3) is 5.69 Å². The first kappa shape index (κ1) is 16.1. The lowest BCUT2D eigenvalue weighted by Gasteiger charge is -2.11. The van der Waals surface area contributed by atoms with Crippen molar-refractivity contribution in [3.63, 3.8) is 0 Å². The molecule has 1 aromatic carbocycles. The number of carboxylic acid groups (broad SMARTS) is 1. The molecular weight excluding hydrogens is 288 g/mol. The third-order valence-corrected chi connectivity index (χ3v) is 4.34. The molecule has 0 fully saturated rings. The molecular formula is C11H14N2O6S. The van der Waals surface area contributed by atoms with Crippen molar-refractivity contribution in [1.82, 2.24) is 4.72 Å². The Balaban J connectivity index is 3.33. The van der Waals surface area contributed by atoms with Gasteiger partial charge >= 0.3 is 5.97 Å². The lowest BCUT2D eigenvalue weighted by Crippen LogP contribution is -2.38. The zero-order valence-corrected chi connectivity index (χ0v) is 11.9. The fraction of sp³-hybridized carbons (Fsp3) is 0.364. The molecule has 8 nitrogen and oxygen atoms in total. The number of aryl methyl sites for hydroxylation is 1. The van der Waals surface area contributed by atoms with Crippen LogP contribution in [0.2, 0.25) is 0 Å². The smallest absolute Gasteiger partial charge is 0.321 e. The highest BCUT2D eigenvalue weighted by Crippen LogP contribution is 2.25. The van der Waals surface area contributed by atoms with E-state index in [1.54, 1.807) is 6.92 Å². The van der Waals surface area contributed by atoms with Crippen molar-refractivity contribution in [2.75, 3.05) is 0 Å². The van der Waals surface area contributed by atoms with Crippen molar-refractivity contribution < 1.29 is 23.2 Å². The number of nitro groups is 1. The quantitative estimate of drug-likeness (QED) is 0.616. The number of sulfonamides is 1. The average Bonchev–Trinajstić information content (AvgIpc) is 2.31. The van der Waals surface area contributed by atoms with Crippen LogP contribution in [0.3, 0.4) is 0 Å². The standard InChI is InChI=1S/C11H14N2O6S/c1-6-4-9(5-10(7(6)2)13(16)17)20(18,19)12-8(3)11(14)15/h4-5,8,12H,1-3H3,(H,14,15)/t8-/m1/s1. The van der Waals surface area contributed by atoms with Gasteiger partial charge in [-0.15, -0.1) is 0 Å². The van der Waals surface area contributed by atoms with Crippen molar-refractivity contribution in [3.8, 4) is 0 Å². The van der Waals surface area contributed by atoms with E-state index in [4.69, 9.17) is 5.11 Å². The van der Waals surface area contributed by atoms with Gasteiger partial charge in [0, 0.05) is 11.6 Å². The summed E-state index contributed by atoms with van der Waals surface area (Å²) in [6.07, 6.45) is 0. The molecule has 0 unspecified atom stereocenters. The second-order valence-corrected chi connectivity index (χ2v) is 6.04. The fourth-order valence-corrected chi connectivity index (χ4v) is 2.81. The Hall–Kier alpha value is -2.00. The van der Waals surface area contributed by atoms with E-state index < -0.39 is 27.0 Å². The lowest BCUT2D eigenvalue weighted by molar-refractivity contribution is -0.385. The first-order valence-electron chi connectivity index (χ1n) is 5.57. The fourth-order valence-electron chi connectivity index (χ4n) is 1.50. The maximum Gasteiger partial charge on any atom is 0.321 e. The molecule has 110 valence electrons. The summed E-state index contributed by atoms with van der Waals surface area (Å²) in [7, 11) is -4.14. The summed E-state index contributed by atoms with van der Waals surface area (Å²) >= 11 is 0. The minimum Gasteiger partial charge on any atom is -0.480 e. The SMILES string of the molecule is Cc1cc(S(=O)(=O)N[C@H](C)C(=O)O)cc([N+](=O)[O-])c1C. The minimum atomic E-state index is -4.14. The second kappa shape index (κ2) is 5.55. The Morgan fingerprint density at radius 1 is 1.40 bits per heavy atom. The monoisotopic (exact) mass is 302 g/mol. The average molecular weight is 302 g/mol. The number of nitro benzene ring substituents is 1. The van der Waals surface area contributed by atoms with Crippen molar-refractivity contribution in [2.24, 2.45) is 0 Å². The van der Waals surface area contributed by atoms with Crippen LogP contribution in [-0.4, -0.2) is 30.5 Å². The molecule has 2 N–H and O–H groups in total. The molecule has 20 heavy (non-hydrogen) atoms. The largest absolute Gasteiger partial charge is 0.480 e. The van der Waals surface area contributed by atoms with Gasteiger partial charge in [0.15, 0.2) is 0 Å². The zero-order valence-electron chi connectivity index (χ0n) is 11.1. The summed E-state index contributed by atoms with van der Waals surface area (Å²) < 4.78 is 25.9. The van der Waals surface area contributed by atoms with Gasteiger partial charge in [-0.3, -0.25) is 14.9 Å². The number of nitrogens with zero attached hydrogens (tertiary/aromatic N) is 1. The maximum atomic E-state index is 12.0. The molecule has 0 aliphatic carbocycles. The topological polar surface area (TPSA) is 127 Å². The van der Waals surface area contributed by atoms with Gasteiger partial charge in [-0.05, 0) is 32.4 Å². The van der Waals surface area contributed by atoms with Crippen LogP contribution in [0.4, 0.5) is 5.69 Å². The molecule has 0 aliphatic rings. The third kappa shape index (κ3) is 3.31. The summed E-state index contributed by atoms with van der Waals surface area (Å²) in [4.78, 5) is 20.5. The maximum absolute atomic E-state index is 12.0. The highest BCUT2D eigenvalue weighted by Gasteiger charge is 2.25. The van der Waals surface area contributed by atoms with Gasteiger partial charge in [0.05, 0.1) is 9.82 Å². The summed E-state index contributed by atoms with van der Waals surface area (Å²) in [6.45, 7) is 4.22. The van der Waals surface area contributed by atoms with Gasteiger partial charge in [-0.2, -0.15) is 4.72 Å². The molecule has 0 saturated heterocycles. The molecule has 1 atom stereocenters. The molecule has 0 bridgehead atoms. The van der Waals surface area contributed by atoms with Crippen molar-refractivity contribution in [2.45, 2.75) is 31.7 Å². The highest BCUT2D eigenvalue weighted by atomic mass is 32.2. The Kier molecular flexibility index (Phi) is 4.46. The van der Waals surface area contributed by atoms with E-state index in [9.17, 15) is 23.3 Å². The summed E-state index contributed by atoms with van der Waals surface area (Å²) in [5, 5.41) is 19.6. The predicted molar refractivity (Wildman–Crippen MR) is 70.0 cm³/mol. The number of rotatable bonds is 5. The van der Waals surface area contributed by atoms with E-state index in [2.05, 4.69) is 0 Å². The summed E-state index contributed by atoms with van der Waals surface area (Å²) in [5.41, 5.74) is 0.469. The summed E-state index contributed by atoms with van der Waals surface area (Å²) in [5.74, 6) is -1.34.